The fourth-order valence-electron chi connectivity index (χ4n) is 2.00. The second kappa shape index (κ2) is 5.19. The first-order valence-electron chi connectivity index (χ1n) is 5.77. The summed E-state index contributed by atoms with van der Waals surface area (Å²) in [4.78, 5) is 14.2. The van der Waals surface area contributed by atoms with Gasteiger partial charge in [0.15, 0.2) is 0 Å². The van der Waals surface area contributed by atoms with Gasteiger partial charge in [0.05, 0.1) is 17.2 Å². The molecule has 1 heterocycles. The van der Waals surface area contributed by atoms with Crippen molar-refractivity contribution in [3.05, 3.63) is 33.3 Å². The quantitative estimate of drug-likeness (QED) is 0.789. The van der Waals surface area contributed by atoms with Crippen LogP contribution < -0.4 is 0 Å². The van der Waals surface area contributed by atoms with Gasteiger partial charge in [0.25, 0.3) is 5.91 Å². The minimum absolute atomic E-state index is 0.0174. The van der Waals surface area contributed by atoms with Crippen LogP contribution in [0.5, 0.6) is 0 Å². The fourth-order valence-corrected chi connectivity index (χ4v) is 2.50. The van der Waals surface area contributed by atoms with Crippen molar-refractivity contribution >= 4 is 33.4 Å². The van der Waals surface area contributed by atoms with Gasteiger partial charge in [-0.05, 0) is 48.0 Å². The predicted octanol–water partition coefficient (Wildman–Crippen LogP) is 3.35. The molecule has 1 aromatic carbocycles. The molecule has 1 aliphatic heterocycles. The van der Waals surface area contributed by atoms with Crippen LogP contribution in [0.4, 0.5) is 0 Å². The van der Waals surface area contributed by atoms with Crippen molar-refractivity contribution in [2.24, 2.45) is 0 Å². The van der Waals surface area contributed by atoms with Crippen molar-refractivity contribution < 1.29 is 9.53 Å². The lowest BCUT2D eigenvalue weighted by atomic mass is 10.1. The number of ether oxygens (including phenoxy) is 1. The largest absolute Gasteiger partial charge is 0.372 e. The van der Waals surface area contributed by atoms with Gasteiger partial charge < -0.3 is 9.64 Å². The number of morpholine rings is 1. The lowest BCUT2D eigenvalue weighted by molar-refractivity contribution is -0.0764. The zero-order chi connectivity index (χ0) is 13.3. The minimum Gasteiger partial charge on any atom is -0.372 e. The van der Waals surface area contributed by atoms with Crippen LogP contribution in [-0.4, -0.2) is 36.1 Å². The molecule has 0 N–H and O–H groups in total. The molecule has 5 heteroatoms. The molecule has 0 saturated carbocycles. The highest BCUT2D eigenvalue weighted by Gasteiger charge is 2.30. The smallest absolute Gasteiger partial charge is 0.254 e. The van der Waals surface area contributed by atoms with Crippen LogP contribution in [0, 0.1) is 0 Å². The van der Waals surface area contributed by atoms with Gasteiger partial charge in [-0.3, -0.25) is 4.79 Å². The monoisotopic (exact) mass is 331 g/mol. The summed E-state index contributed by atoms with van der Waals surface area (Å²) in [5, 5.41) is 0.605. The number of nitrogens with zero attached hydrogens (tertiary/aromatic N) is 1. The highest BCUT2D eigenvalue weighted by molar-refractivity contribution is 9.10. The van der Waals surface area contributed by atoms with Crippen LogP contribution in [0.3, 0.4) is 0 Å². The maximum Gasteiger partial charge on any atom is 0.254 e. The standard InChI is InChI=1S/C13H15BrClNO2/c1-13(2)8-16(5-6-18-13)12(17)9-3-4-11(15)10(14)7-9/h3-4,7H,5-6,8H2,1-2H3. The molecule has 0 aliphatic carbocycles. The van der Waals surface area contributed by atoms with E-state index in [9.17, 15) is 4.79 Å². The molecule has 1 saturated heterocycles. The van der Waals surface area contributed by atoms with E-state index in [1.54, 1.807) is 18.2 Å². The molecule has 98 valence electrons. The van der Waals surface area contributed by atoms with E-state index >= 15 is 0 Å². The maximum absolute atomic E-state index is 12.4. The minimum atomic E-state index is -0.280. The summed E-state index contributed by atoms with van der Waals surface area (Å²) in [5.74, 6) is 0.0174. The molecule has 0 spiro atoms. The number of hydrogen-bond donors (Lipinski definition) is 0. The molecule has 0 bridgehead atoms. The van der Waals surface area contributed by atoms with Crippen LogP contribution in [0.25, 0.3) is 0 Å². The first-order valence-corrected chi connectivity index (χ1v) is 6.94. The lowest BCUT2D eigenvalue weighted by Crippen LogP contribution is -2.50. The Kier molecular flexibility index (Phi) is 3.99. The molecule has 0 aromatic heterocycles. The molecule has 1 aromatic rings. The van der Waals surface area contributed by atoms with Gasteiger partial charge >= 0.3 is 0 Å². The second-order valence-corrected chi connectivity index (χ2v) is 6.23. The summed E-state index contributed by atoms with van der Waals surface area (Å²) in [5.41, 5.74) is 0.362. The zero-order valence-corrected chi connectivity index (χ0v) is 12.7. The third kappa shape index (κ3) is 3.05. The number of halogens is 2. The highest BCUT2D eigenvalue weighted by atomic mass is 79.9. The Morgan fingerprint density at radius 3 is 2.83 bits per heavy atom. The zero-order valence-electron chi connectivity index (χ0n) is 10.4. The summed E-state index contributed by atoms with van der Waals surface area (Å²) < 4.78 is 6.34. The van der Waals surface area contributed by atoms with Crippen molar-refractivity contribution in [3.8, 4) is 0 Å². The van der Waals surface area contributed by atoms with Gasteiger partial charge in [-0.25, -0.2) is 0 Å². The second-order valence-electron chi connectivity index (χ2n) is 4.96. The number of rotatable bonds is 1. The Labute approximate surface area is 120 Å². The fraction of sp³-hybridized carbons (Fsp3) is 0.462. The number of carbonyl (C=O) groups is 1. The Morgan fingerprint density at radius 1 is 1.50 bits per heavy atom. The van der Waals surface area contributed by atoms with Crippen LogP contribution in [0.15, 0.2) is 22.7 Å². The van der Waals surface area contributed by atoms with Crippen LogP contribution in [-0.2, 0) is 4.74 Å². The van der Waals surface area contributed by atoms with E-state index in [4.69, 9.17) is 16.3 Å². The molecule has 18 heavy (non-hydrogen) atoms. The number of hydrogen-bond acceptors (Lipinski definition) is 2. The van der Waals surface area contributed by atoms with E-state index < -0.39 is 0 Å². The Bertz CT molecular complexity index is 476. The summed E-state index contributed by atoms with van der Waals surface area (Å²) in [6, 6.07) is 5.23. The number of carbonyl (C=O) groups excluding carboxylic acids is 1. The molecule has 0 atom stereocenters. The van der Waals surface area contributed by atoms with Crippen LogP contribution >= 0.6 is 27.5 Å². The van der Waals surface area contributed by atoms with Crippen molar-refractivity contribution in [1.82, 2.24) is 4.90 Å². The molecule has 1 aliphatic rings. The Morgan fingerprint density at radius 2 is 2.22 bits per heavy atom. The number of amides is 1. The average molecular weight is 333 g/mol. The molecule has 1 fully saturated rings. The summed E-state index contributed by atoms with van der Waals surface area (Å²) in [6.45, 7) is 5.79. The van der Waals surface area contributed by atoms with E-state index in [0.29, 0.717) is 30.3 Å². The average Bonchev–Trinajstić information content (AvgIpc) is 2.30. The van der Waals surface area contributed by atoms with Crippen LogP contribution in [0.1, 0.15) is 24.2 Å². The summed E-state index contributed by atoms with van der Waals surface area (Å²) >= 11 is 9.26. The number of benzene rings is 1. The first kappa shape index (κ1) is 13.8. The Hall–Kier alpha value is -0.580. The van der Waals surface area contributed by atoms with E-state index in [1.807, 2.05) is 18.7 Å². The van der Waals surface area contributed by atoms with Crippen molar-refractivity contribution in [1.29, 1.82) is 0 Å². The summed E-state index contributed by atoms with van der Waals surface area (Å²) in [7, 11) is 0. The molecule has 0 radical (unpaired) electrons. The molecule has 0 unspecified atom stereocenters. The molecular formula is C13H15BrClNO2. The third-order valence-electron chi connectivity index (χ3n) is 2.88. The van der Waals surface area contributed by atoms with Gasteiger partial charge in [-0.15, -0.1) is 0 Å². The van der Waals surface area contributed by atoms with Gasteiger partial charge in [-0.2, -0.15) is 0 Å². The van der Waals surface area contributed by atoms with Crippen LogP contribution in [0.2, 0.25) is 5.02 Å². The van der Waals surface area contributed by atoms with Gasteiger partial charge in [0.1, 0.15) is 0 Å². The van der Waals surface area contributed by atoms with E-state index in [0.717, 1.165) is 4.47 Å². The molecular weight excluding hydrogens is 318 g/mol. The molecule has 2 rings (SSSR count). The van der Waals surface area contributed by atoms with E-state index in [-0.39, 0.29) is 11.5 Å². The Balaban J connectivity index is 2.18. The lowest BCUT2D eigenvalue weighted by Gasteiger charge is -2.38. The highest BCUT2D eigenvalue weighted by Crippen LogP contribution is 2.25. The maximum atomic E-state index is 12.4. The van der Waals surface area contributed by atoms with E-state index in [1.165, 1.54) is 0 Å². The molecule has 1 amide bonds. The third-order valence-corrected chi connectivity index (χ3v) is 4.09. The molecule has 3 nitrogen and oxygen atoms in total. The van der Waals surface area contributed by atoms with Crippen molar-refractivity contribution in [2.45, 2.75) is 19.4 Å². The normalized spacial score (nSPS) is 18.8. The summed E-state index contributed by atoms with van der Waals surface area (Å²) in [6.07, 6.45) is 0. The van der Waals surface area contributed by atoms with E-state index in [2.05, 4.69) is 15.9 Å². The van der Waals surface area contributed by atoms with Gasteiger partial charge in [0, 0.05) is 23.1 Å². The first-order chi connectivity index (χ1) is 8.39. The predicted molar refractivity (Wildman–Crippen MR) is 75.1 cm³/mol. The van der Waals surface area contributed by atoms with Crippen molar-refractivity contribution in [2.75, 3.05) is 19.7 Å². The topological polar surface area (TPSA) is 29.5 Å². The van der Waals surface area contributed by atoms with Gasteiger partial charge in [-0.1, -0.05) is 11.6 Å². The van der Waals surface area contributed by atoms with Gasteiger partial charge in [0.2, 0.25) is 0 Å². The van der Waals surface area contributed by atoms with Crippen molar-refractivity contribution in [3.63, 3.8) is 0 Å². The SMILES string of the molecule is CC1(C)CN(C(=O)c2ccc(Cl)c(Br)c2)CCO1.